The Morgan fingerprint density at radius 1 is 1.24 bits per heavy atom. The van der Waals surface area contributed by atoms with Crippen molar-refractivity contribution in [2.75, 3.05) is 24.6 Å². The van der Waals surface area contributed by atoms with Crippen LogP contribution in [-0.2, 0) is 5.54 Å². The summed E-state index contributed by atoms with van der Waals surface area (Å²) in [5, 5.41) is 14.7. The highest BCUT2D eigenvalue weighted by Gasteiger charge is 2.32. The van der Waals surface area contributed by atoms with Gasteiger partial charge in [-0.15, -0.1) is 16.4 Å². The zero-order valence-electron chi connectivity index (χ0n) is 12.7. The zero-order chi connectivity index (χ0) is 14.9. The van der Waals surface area contributed by atoms with Crippen molar-refractivity contribution in [2.45, 2.75) is 32.4 Å². The van der Waals surface area contributed by atoms with Gasteiger partial charge >= 0.3 is 0 Å². The zero-order valence-corrected chi connectivity index (χ0v) is 14.3. The van der Waals surface area contributed by atoms with E-state index >= 15 is 0 Å². The first-order valence-electron chi connectivity index (χ1n) is 7.21. The maximum absolute atomic E-state index is 4.37. The molecule has 1 unspecified atom stereocenters. The summed E-state index contributed by atoms with van der Waals surface area (Å²) in [4.78, 5) is 3.83. The van der Waals surface area contributed by atoms with Crippen LogP contribution >= 0.6 is 23.1 Å². The van der Waals surface area contributed by atoms with Crippen molar-refractivity contribution in [3.05, 3.63) is 28.2 Å². The lowest BCUT2D eigenvalue weighted by atomic mass is 10.1. The molecule has 21 heavy (non-hydrogen) atoms. The number of nitrogens with zero attached hydrogens (tertiary/aromatic N) is 5. The molecule has 0 bridgehead atoms. The molecule has 0 spiro atoms. The molecule has 2 aromatic heterocycles. The highest BCUT2D eigenvalue weighted by atomic mass is 32.2. The van der Waals surface area contributed by atoms with Gasteiger partial charge in [-0.2, -0.15) is 11.8 Å². The molecule has 1 saturated heterocycles. The first-order chi connectivity index (χ1) is 10.1. The maximum atomic E-state index is 4.37. The van der Waals surface area contributed by atoms with E-state index in [9.17, 15) is 0 Å². The van der Waals surface area contributed by atoms with Crippen LogP contribution in [0.2, 0.25) is 0 Å². The van der Waals surface area contributed by atoms with Gasteiger partial charge in [-0.05, 0) is 42.6 Å². The van der Waals surface area contributed by atoms with E-state index in [1.807, 2.05) is 16.4 Å². The van der Waals surface area contributed by atoms with Crippen molar-refractivity contribution in [1.29, 1.82) is 0 Å². The minimum atomic E-state index is -0.112. The number of hydrogen-bond acceptors (Lipinski definition) is 6. The minimum absolute atomic E-state index is 0.112. The molecule has 1 aliphatic heterocycles. The Hall–Kier alpha value is -0.920. The van der Waals surface area contributed by atoms with Crippen molar-refractivity contribution in [1.82, 2.24) is 25.1 Å². The predicted octanol–water partition coefficient (Wildman–Crippen LogP) is 2.63. The lowest BCUT2D eigenvalue weighted by Crippen LogP contribution is -2.39. The van der Waals surface area contributed by atoms with E-state index in [-0.39, 0.29) is 11.6 Å². The fourth-order valence-electron chi connectivity index (χ4n) is 2.60. The Morgan fingerprint density at radius 3 is 2.62 bits per heavy atom. The second-order valence-corrected chi connectivity index (χ2v) is 8.39. The van der Waals surface area contributed by atoms with Crippen LogP contribution in [0.4, 0.5) is 0 Å². The molecule has 5 nitrogen and oxygen atoms in total. The molecule has 0 saturated carbocycles. The van der Waals surface area contributed by atoms with E-state index in [0.29, 0.717) is 0 Å². The fraction of sp³-hybridized carbons (Fsp3) is 0.643. The number of rotatable bonds is 3. The largest absolute Gasteiger partial charge is 0.287 e. The third-order valence-corrected chi connectivity index (χ3v) is 5.46. The molecule has 0 aromatic carbocycles. The molecule has 0 amide bonds. The first-order valence-corrected chi connectivity index (χ1v) is 9.25. The molecule has 114 valence electrons. The molecular formula is C14H21N5S2. The quantitative estimate of drug-likeness (QED) is 0.869. The average Bonchev–Trinajstić information content (AvgIpc) is 3.11. The second kappa shape index (κ2) is 6.06. The summed E-state index contributed by atoms with van der Waals surface area (Å²) in [6.07, 6.45) is 0. The molecule has 1 atom stereocenters. The number of hydrogen-bond donors (Lipinski definition) is 0. The molecule has 0 radical (unpaired) electrons. The summed E-state index contributed by atoms with van der Waals surface area (Å²) in [7, 11) is 0. The van der Waals surface area contributed by atoms with Crippen LogP contribution in [0.1, 0.15) is 37.5 Å². The van der Waals surface area contributed by atoms with Gasteiger partial charge in [0.05, 0.1) is 5.54 Å². The maximum Gasteiger partial charge on any atom is 0.174 e. The number of aromatic nitrogens is 4. The molecule has 3 heterocycles. The molecule has 7 heteroatoms. The Labute approximate surface area is 133 Å². The summed E-state index contributed by atoms with van der Waals surface area (Å²) in [6, 6.07) is 4.47. The van der Waals surface area contributed by atoms with Crippen LogP contribution in [-0.4, -0.2) is 49.7 Å². The molecular weight excluding hydrogens is 302 g/mol. The van der Waals surface area contributed by atoms with Gasteiger partial charge in [0.15, 0.2) is 5.82 Å². The molecule has 2 aromatic rings. The van der Waals surface area contributed by atoms with E-state index in [2.05, 4.69) is 58.7 Å². The molecule has 1 aliphatic rings. The molecule has 1 fully saturated rings. The standard InChI is InChI=1S/C14H21N5S2/c1-14(2,3)19-13(15-16-17-19)12(11-5-4-8-21-11)18-6-9-20-10-7-18/h4-5,8,12H,6-7,9-10H2,1-3H3. The van der Waals surface area contributed by atoms with Gasteiger partial charge in [0.2, 0.25) is 0 Å². The Kier molecular flexibility index (Phi) is 4.33. The minimum Gasteiger partial charge on any atom is -0.287 e. The highest BCUT2D eigenvalue weighted by Crippen LogP contribution is 2.33. The fourth-order valence-corrected chi connectivity index (χ4v) is 4.38. The number of thioether (sulfide) groups is 1. The van der Waals surface area contributed by atoms with E-state index in [4.69, 9.17) is 0 Å². The van der Waals surface area contributed by atoms with E-state index in [1.54, 1.807) is 11.3 Å². The summed E-state index contributed by atoms with van der Waals surface area (Å²) in [6.45, 7) is 8.60. The van der Waals surface area contributed by atoms with Crippen molar-refractivity contribution in [2.24, 2.45) is 0 Å². The number of tetrazole rings is 1. The number of thiophene rings is 1. The van der Waals surface area contributed by atoms with Crippen molar-refractivity contribution < 1.29 is 0 Å². The van der Waals surface area contributed by atoms with E-state index < -0.39 is 0 Å². The Morgan fingerprint density at radius 2 is 2.00 bits per heavy atom. The van der Waals surface area contributed by atoms with Crippen LogP contribution in [0.15, 0.2) is 17.5 Å². The lowest BCUT2D eigenvalue weighted by Gasteiger charge is -2.34. The Bertz CT molecular complexity index is 566. The van der Waals surface area contributed by atoms with Gasteiger partial charge in [-0.1, -0.05) is 6.07 Å². The summed E-state index contributed by atoms with van der Waals surface area (Å²) in [5.74, 6) is 3.31. The van der Waals surface area contributed by atoms with Crippen molar-refractivity contribution in [3.63, 3.8) is 0 Å². The van der Waals surface area contributed by atoms with Crippen molar-refractivity contribution in [3.8, 4) is 0 Å². The van der Waals surface area contributed by atoms with E-state index in [1.165, 1.54) is 16.4 Å². The molecule has 3 rings (SSSR count). The van der Waals surface area contributed by atoms with Crippen LogP contribution in [0, 0.1) is 0 Å². The monoisotopic (exact) mass is 323 g/mol. The normalized spacial score (nSPS) is 18.8. The highest BCUT2D eigenvalue weighted by molar-refractivity contribution is 7.99. The van der Waals surface area contributed by atoms with Crippen LogP contribution in [0.25, 0.3) is 0 Å². The second-order valence-electron chi connectivity index (χ2n) is 6.19. The summed E-state index contributed by atoms with van der Waals surface area (Å²) >= 11 is 3.81. The summed E-state index contributed by atoms with van der Waals surface area (Å²) < 4.78 is 1.97. The predicted molar refractivity (Wildman–Crippen MR) is 87.9 cm³/mol. The van der Waals surface area contributed by atoms with Gasteiger partial charge in [-0.3, -0.25) is 4.90 Å². The average molecular weight is 323 g/mol. The SMILES string of the molecule is CC(C)(C)n1nnnc1C(c1cccs1)N1CCSCC1. The summed E-state index contributed by atoms with van der Waals surface area (Å²) in [5.41, 5.74) is -0.112. The van der Waals surface area contributed by atoms with Crippen LogP contribution in [0.3, 0.4) is 0 Å². The van der Waals surface area contributed by atoms with Gasteiger partial charge < -0.3 is 0 Å². The first kappa shape index (κ1) is 15.0. The van der Waals surface area contributed by atoms with E-state index in [0.717, 1.165) is 18.9 Å². The van der Waals surface area contributed by atoms with Crippen LogP contribution in [0.5, 0.6) is 0 Å². The smallest absolute Gasteiger partial charge is 0.174 e. The van der Waals surface area contributed by atoms with Crippen molar-refractivity contribution >= 4 is 23.1 Å². The third kappa shape index (κ3) is 3.14. The van der Waals surface area contributed by atoms with Gasteiger partial charge in [-0.25, -0.2) is 4.68 Å². The lowest BCUT2D eigenvalue weighted by molar-refractivity contribution is 0.223. The third-order valence-electron chi connectivity index (χ3n) is 3.60. The molecule has 0 N–H and O–H groups in total. The van der Waals surface area contributed by atoms with Crippen LogP contribution < -0.4 is 0 Å². The van der Waals surface area contributed by atoms with Gasteiger partial charge in [0.25, 0.3) is 0 Å². The van der Waals surface area contributed by atoms with Gasteiger partial charge in [0, 0.05) is 29.5 Å². The topological polar surface area (TPSA) is 46.8 Å². The van der Waals surface area contributed by atoms with Gasteiger partial charge in [0.1, 0.15) is 6.04 Å². The Balaban J connectivity index is 2.02. The molecule has 0 aliphatic carbocycles.